The molecule has 2 aromatic rings. The van der Waals surface area contributed by atoms with E-state index in [2.05, 4.69) is 10.6 Å². The normalized spacial score (nSPS) is 17.1. The Morgan fingerprint density at radius 1 is 1.19 bits per heavy atom. The van der Waals surface area contributed by atoms with E-state index < -0.39 is 32.2 Å². The zero-order valence-corrected chi connectivity index (χ0v) is 19.8. The lowest BCUT2D eigenvalue weighted by atomic mass is 10.1. The number of aliphatic hydroxyl groups is 1. The molecule has 0 aromatic heterocycles. The van der Waals surface area contributed by atoms with E-state index in [0.717, 1.165) is 0 Å². The molecule has 3 N–H and O–H groups in total. The summed E-state index contributed by atoms with van der Waals surface area (Å²) < 4.78 is 19.8. The van der Waals surface area contributed by atoms with E-state index in [0.29, 0.717) is 35.2 Å². The van der Waals surface area contributed by atoms with Gasteiger partial charge in [0.15, 0.2) is 0 Å². The molecule has 3 rings (SSSR count). The summed E-state index contributed by atoms with van der Waals surface area (Å²) in [6, 6.07) is 10.0. The van der Waals surface area contributed by atoms with Gasteiger partial charge >= 0.3 is 6.03 Å². The van der Waals surface area contributed by atoms with E-state index in [4.69, 9.17) is 4.74 Å². The van der Waals surface area contributed by atoms with Gasteiger partial charge in [0, 0.05) is 18.8 Å². The Morgan fingerprint density at radius 2 is 1.88 bits per heavy atom. The average molecular weight is 460 g/mol. The molecule has 2 aromatic carbocycles. The Labute approximate surface area is 188 Å². The van der Waals surface area contributed by atoms with Crippen molar-refractivity contribution < 1.29 is 23.8 Å². The van der Waals surface area contributed by atoms with Crippen LogP contribution in [0.4, 0.5) is 14.9 Å². The van der Waals surface area contributed by atoms with Gasteiger partial charge in [-0.25, -0.2) is 9.18 Å². The Bertz CT molecular complexity index is 978. The van der Waals surface area contributed by atoms with Crippen molar-refractivity contribution in [1.82, 2.24) is 10.2 Å². The van der Waals surface area contributed by atoms with Crippen LogP contribution in [-0.2, 0) is 4.79 Å². The smallest absolute Gasteiger partial charge is 0.318 e. The fourth-order valence-corrected chi connectivity index (χ4v) is 5.03. The van der Waals surface area contributed by atoms with Gasteiger partial charge in [-0.05, 0) is 41.4 Å². The number of amides is 3. The van der Waals surface area contributed by atoms with Gasteiger partial charge in [0.05, 0.1) is 21.3 Å². The van der Waals surface area contributed by atoms with Crippen molar-refractivity contribution >= 4 is 30.9 Å². The molecule has 9 heteroatoms. The minimum absolute atomic E-state index is 0.214. The molecule has 172 valence electrons. The van der Waals surface area contributed by atoms with Crippen LogP contribution in [0.2, 0.25) is 19.6 Å². The maximum Gasteiger partial charge on any atom is 0.318 e. The van der Waals surface area contributed by atoms with Gasteiger partial charge in [-0.15, -0.1) is 0 Å². The highest BCUT2D eigenvalue weighted by atomic mass is 28.3. The number of ether oxygens (including phenoxy) is 1. The van der Waals surface area contributed by atoms with Gasteiger partial charge in [0.2, 0.25) is 0 Å². The Balaban J connectivity index is 1.82. The fraction of sp³-hybridized carbons (Fsp3) is 0.391. The third-order valence-corrected chi connectivity index (χ3v) is 7.50. The first-order chi connectivity index (χ1) is 15.1. The maximum atomic E-state index is 14.6. The topological polar surface area (TPSA) is 90.9 Å². The lowest BCUT2D eigenvalue weighted by Crippen LogP contribution is -2.44. The third kappa shape index (κ3) is 5.66. The number of halogens is 1. The highest BCUT2D eigenvalue weighted by Gasteiger charge is 2.30. The van der Waals surface area contributed by atoms with Gasteiger partial charge in [-0.3, -0.25) is 4.79 Å². The summed E-state index contributed by atoms with van der Waals surface area (Å²) in [7, 11) is -0.309. The summed E-state index contributed by atoms with van der Waals surface area (Å²) in [5, 5.41) is 15.9. The molecule has 0 spiro atoms. The molecule has 32 heavy (non-hydrogen) atoms. The highest BCUT2D eigenvalue weighted by molar-refractivity contribution is 6.88. The number of anilines is 1. The standard InChI is InChI=1S/C23H30FN3O4Si/c1-31-18-8-5-15(6-9-18)21(26-23(30)27-12-11-17(28)14-27)22(29)25-16-7-10-20(19(24)13-16)32(2,3)4/h5-10,13,17,21,28H,11-12,14H2,1-4H3,(H,25,29)(H,26,30)/t17-,21?/m1/s1. The number of benzene rings is 2. The van der Waals surface area contributed by atoms with Gasteiger partial charge in [-0.1, -0.05) is 37.8 Å². The van der Waals surface area contributed by atoms with Crippen molar-refractivity contribution in [3.05, 3.63) is 53.8 Å². The molecule has 1 saturated heterocycles. The van der Waals surface area contributed by atoms with Crippen LogP contribution < -0.4 is 20.6 Å². The molecule has 0 saturated carbocycles. The molecule has 1 aliphatic heterocycles. The molecule has 2 atom stereocenters. The lowest BCUT2D eigenvalue weighted by molar-refractivity contribution is -0.118. The van der Waals surface area contributed by atoms with Crippen LogP contribution in [0.25, 0.3) is 0 Å². The first-order valence-electron chi connectivity index (χ1n) is 10.6. The number of carbonyl (C=O) groups is 2. The monoisotopic (exact) mass is 459 g/mol. The summed E-state index contributed by atoms with van der Waals surface area (Å²) in [4.78, 5) is 27.3. The molecule has 1 heterocycles. The summed E-state index contributed by atoms with van der Waals surface area (Å²) >= 11 is 0. The largest absolute Gasteiger partial charge is 0.497 e. The van der Waals surface area contributed by atoms with E-state index in [-0.39, 0.29) is 12.4 Å². The van der Waals surface area contributed by atoms with Crippen LogP contribution in [0.15, 0.2) is 42.5 Å². The molecular weight excluding hydrogens is 429 g/mol. The second-order valence-electron chi connectivity index (χ2n) is 8.98. The van der Waals surface area contributed by atoms with Crippen LogP contribution in [0.3, 0.4) is 0 Å². The zero-order valence-electron chi connectivity index (χ0n) is 18.8. The number of likely N-dealkylation sites (tertiary alicyclic amines) is 1. The molecule has 3 amide bonds. The van der Waals surface area contributed by atoms with Crippen molar-refractivity contribution in [3.63, 3.8) is 0 Å². The first kappa shape index (κ1) is 23.7. The van der Waals surface area contributed by atoms with Crippen LogP contribution >= 0.6 is 0 Å². The van der Waals surface area contributed by atoms with Gasteiger partial charge < -0.3 is 25.4 Å². The molecule has 1 unspecified atom stereocenters. The summed E-state index contributed by atoms with van der Waals surface area (Å²) in [6.45, 7) is 6.77. The first-order valence-corrected chi connectivity index (χ1v) is 14.1. The summed E-state index contributed by atoms with van der Waals surface area (Å²) in [5.74, 6) is -0.229. The third-order valence-electron chi connectivity index (χ3n) is 5.47. The number of rotatable bonds is 6. The Hall–Kier alpha value is -2.91. The molecule has 1 aliphatic rings. The lowest BCUT2D eigenvalue weighted by Gasteiger charge is -2.23. The number of aliphatic hydroxyl groups excluding tert-OH is 1. The molecule has 0 aliphatic carbocycles. The molecule has 7 nitrogen and oxygen atoms in total. The zero-order chi connectivity index (χ0) is 23.5. The van der Waals surface area contributed by atoms with Crippen molar-refractivity contribution in [1.29, 1.82) is 0 Å². The maximum absolute atomic E-state index is 14.6. The van der Waals surface area contributed by atoms with Crippen LogP contribution in [-0.4, -0.2) is 56.3 Å². The Morgan fingerprint density at radius 3 is 2.41 bits per heavy atom. The molecular formula is C23H30FN3O4Si. The number of β-amino-alcohol motifs (C(OH)–C–C–N with tert-alkyl or cyclic N) is 1. The SMILES string of the molecule is COc1ccc(C(NC(=O)N2CC[C@@H](O)C2)C(=O)Nc2ccc([Si](C)(C)C)c(F)c2)cc1. The minimum atomic E-state index is -1.85. The van der Waals surface area contributed by atoms with Crippen molar-refractivity contribution in [3.8, 4) is 5.75 Å². The summed E-state index contributed by atoms with van der Waals surface area (Å²) in [5.41, 5.74) is 0.870. The molecule has 0 bridgehead atoms. The summed E-state index contributed by atoms with van der Waals surface area (Å²) in [6.07, 6.45) is -0.0721. The van der Waals surface area contributed by atoms with Gasteiger partial charge in [0.25, 0.3) is 5.91 Å². The van der Waals surface area contributed by atoms with E-state index >= 15 is 0 Å². The van der Waals surface area contributed by atoms with Crippen molar-refractivity contribution in [2.24, 2.45) is 0 Å². The molecule has 1 fully saturated rings. The average Bonchev–Trinajstić information content (AvgIpc) is 3.17. The van der Waals surface area contributed by atoms with Crippen LogP contribution in [0.1, 0.15) is 18.0 Å². The predicted molar refractivity (Wildman–Crippen MR) is 124 cm³/mol. The van der Waals surface area contributed by atoms with Crippen molar-refractivity contribution in [2.45, 2.75) is 38.2 Å². The van der Waals surface area contributed by atoms with E-state index in [9.17, 15) is 19.1 Å². The van der Waals surface area contributed by atoms with E-state index in [1.165, 1.54) is 18.1 Å². The van der Waals surface area contributed by atoms with Gasteiger partial charge in [-0.2, -0.15) is 0 Å². The number of carbonyl (C=O) groups excluding carboxylic acids is 2. The fourth-order valence-electron chi connectivity index (χ4n) is 3.65. The number of nitrogens with zero attached hydrogens (tertiary/aromatic N) is 1. The number of urea groups is 1. The second kappa shape index (κ2) is 9.70. The van der Waals surface area contributed by atoms with E-state index in [1.807, 2.05) is 19.6 Å². The second-order valence-corrected chi connectivity index (χ2v) is 14.0. The minimum Gasteiger partial charge on any atom is -0.497 e. The molecule has 0 radical (unpaired) electrons. The highest BCUT2D eigenvalue weighted by Crippen LogP contribution is 2.21. The van der Waals surface area contributed by atoms with Crippen molar-refractivity contribution in [2.75, 3.05) is 25.5 Å². The predicted octanol–water partition coefficient (Wildman–Crippen LogP) is 2.84. The number of hydrogen-bond acceptors (Lipinski definition) is 4. The Kier molecular flexibility index (Phi) is 7.20. The quantitative estimate of drug-likeness (QED) is 0.580. The van der Waals surface area contributed by atoms with Gasteiger partial charge in [0.1, 0.15) is 17.6 Å². The number of methoxy groups -OCH3 is 1. The van der Waals surface area contributed by atoms with Crippen LogP contribution in [0, 0.1) is 5.82 Å². The number of nitrogens with one attached hydrogen (secondary N) is 2. The van der Waals surface area contributed by atoms with Crippen LogP contribution in [0.5, 0.6) is 5.75 Å². The number of hydrogen-bond donors (Lipinski definition) is 3. The van der Waals surface area contributed by atoms with E-state index in [1.54, 1.807) is 36.4 Å².